The van der Waals surface area contributed by atoms with Crippen LogP contribution in [-0.4, -0.2) is 35.1 Å². The number of benzene rings is 2. The number of carbonyl (C=O) groups is 2. The van der Waals surface area contributed by atoms with Crippen molar-refractivity contribution in [2.75, 3.05) is 7.11 Å². The van der Waals surface area contributed by atoms with Crippen LogP contribution in [0.25, 0.3) is 5.57 Å². The van der Waals surface area contributed by atoms with E-state index in [2.05, 4.69) is 15.6 Å². The van der Waals surface area contributed by atoms with Crippen molar-refractivity contribution in [3.05, 3.63) is 95.4 Å². The minimum absolute atomic E-state index is 0.122. The van der Waals surface area contributed by atoms with E-state index in [9.17, 15) is 14.7 Å². The van der Waals surface area contributed by atoms with Crippen LogP contribution in [0.4, 0.5) is 0 Å². The third kappa shape index (κ3) is 5.13. The van der Waals surface area contributed by atoms with Crippen molar-refractivity contribution in [2.24, 2.45) is 0 Å². The second kappa shape index (κ2) is 10.3. The van der Waals surface area contributed by atoms with Gasteiger partial charge in [0, 0.05) is 23.5 Å². The zero-order chi connectivity index (χ0) is 23.1. The summed E-state index contributed by atoms with van der Waals surface area (Å²) >= 11 is 0. The fourth-order valence-electron chi connectivity index (χ4n) is 3.26. The molecular formula is C25H25N3O4. The number of allylic oxidation sites excluding steroid dienone is 1. The van der Waals surface area contributed by atoms with Crippen LogP contribution in [0.1, 0.15) is 35.5 Å². The molecule has 7 nitrogen and oxygen atoms in total. The number of rotatable bonds is 7. The Morgan fingerprint density at radius 1 is 0.969 bits per heavy atom. The molecule has 164 valence electrons. The average Bonchev–Trinajstić information content (AvgIpc) is 2.80. The van der Waals surface area contributed by atoms with E-state index in [0.717, 1.165) is 16.7 Å². The van der Waals surface area contributed by atoms with Gasteiger partial charge in [-0.2, -0.15) is 0 Å². The molecule has 1 atom stereocenters. The number of methoxy groups -OCH3 is 1. The van der Waals surface area contributed by atoms with Gasteiger partial charge in [-0.1, -0.05) is 60.7 Å². The number of aromatic hydroxyl groups is 1. The predicted molar refractivity (Wildman–Crippen MR) is 122 cm³/mol. The number of hydrogen-bond acceptors (Lipinski definition) is 5. The summed E-state index contributed by atoms with van der Waals surface area (Å²) in [6.45, 7) is 3.37. The van der Waals surface area contributed by atoms with Crippen LogP contribution in [0.5, 0.6) is 11.5 Å². The van der Waals surface area contributed by atoms with Gasteiger partial charge < -0.3 is 20.5 Å². The molecule has 0 fully saturated rings. The Kier molecular flexibility index (Phi) is 7.23. The summed E-state index contributed by atoms with van der Waals surface area (Å²) in [6, 6.07) is 20.0. The highest BCUT2D eigenvalue weighted by Gasteiger charge is 2.22. The number of carbonyl (C=O) groups excluding carboxylic acids is 2. The number of amides is 2. The molecule has 0 aliphatic heterocycles. The van der Waals surface area contributed by atoms with Gasteiger partial charge in [0.25, 0.3) is 5.91 Å². The van der Waals surface area contributed by atoms with Crippen LogP contribution < -0.4 is 15.4 Å². The lowest BCUT2D eigenvalue weighted by molar-refractivity contribution is -0.121. The zero-order valence-corrected chi connectivity index (χ0v) is 18.1. The summed E-state index contributed by atoms with van der Waals surface area (Å²) < 4.78 is 5.00. The van der Waals surface area contributed by atoms with Gasteiger partial charge in [-0.25, -0.2) is 4.98 Å². The van der Waals surface area contributed by atoms with Crippen molar-refractivity contribution in [3.63, 3.8) is 0 Å². The van der Waals surface area contributed by atoms with Crippen molar-refractivity contribution in [2.45, 2.75) is 19.9 Å². The topological polar surface area (TPSA) is 101 Å². The quantitative estimate of drug-likeness (QED) is 0.532. The molecule has 3 rings (SSSR count). The Hall–Kier alpha value is -4.13. The van der Waals surface area contributed by atoms with Crippen molar-refractivity contribution >= 4 is 17.4 Å². The van der Waals surface area contributed by atoms with Crippen LogP contribution >= 0.6 is 0 Å². The molecule has 2 aromatic carbocycles. The number of ether oxygens (including phenoxy) is 1. The molecule has 0 aliphatic rings. The van der Waals surface area contributed by atoms with Crippen LogP contribution in [0, 0.1) is 0 Å². The molecular weight excluding hydrogens is 406 g/mol. The van der Waals surface area contributed by atoms with E-state index in [-0.39, 0.29) is 17.2 Å². The smallest absolute Gasteiger partial charge is 0.274 e. The number of aromatic nitrogens is 1. The van der Waals surface area contributed by atoms with Crippen LogP contribution in [0.15, 0.2) is 78.6 Å². The summed E-state index contributed by atoms with van der Waals surface area (Å²) in [6.07, 6.45) is 1.34. The summed E-state index contributed by atoms with van der Waals surface area (Å²) in [5.41, 5.74) is 3.23. The third-order valence-corrected chi connectivity index (χ3v) is 4.87. The van der Waals surface area contributed by atoms with Crippen LogP contribution in [0.2, 0.25) is 0 Å². The van der Waals surface area contributed by atoms with Gasteiger partial charge in [-0.3, -0.25) is 9.59 Å². The Morgan fingerprint density at radius 2 is 1.53 bits per heavy atom. The van der Waals surface area contributed by atoms with Crippen LogP contribution in [-0.2, 0) is 4.79 Å². The van der Waals surface area contributed by atoms with Crippen molar-refractivity contribution in [1.29, 1.82) is 0 Å². The van der Waals surface area contributed by atoms with Crippen molar-refractivity contribution < 1.29 is 19.4 Å². The summed E-state index contributed by atoms with van der Waals surface area (Å²) in [5.74, 6) is -1.34. The Bertz CT molecular complexity index is 1090. The van der Waals surface area contributed by atoms with Crippen LogP contribution in [0.3, 0.4) is 0 Å². The predicted octanol–water partition coefficient (Wildman–Crippen LogP) is 3.51. The molecule has 0 radical (unpaired) electrons. The minimum Gasteiger partial charge on any atom is -0.503 e. The van der Waals surface area contributed by atoms with E-state index in [0.29, 0.717) is 5.70 Å². The lowest BCUT2D eigenvalue weighted by Crippen LogP contribution is -2.44. The average molecular weight is 431 g/mol. The lowest BCUT2D eigenvalue weighted by Gasteiger charge is -2.18. The molecule has 7 heteroatoms. The first-order chi connectivity index (χ1) is 15.4. The van der Waals surface area contributed by atoms with E-state index in [4.69, 9.17) is 4.74 Å². The maximum absolute atomic E-state index is 12.8. The maximum atomic E-state index is 12.8. The first kappa shape index (κ1) is 22.6. The number of pyridine rings is 1. The molecule has 3 aromatic rings. The summed E-state index contributed by atoms with van der Waals surface area (Å²) in [4.78, 5) is 29.2. The summed E-state index contributed by atoms with van der Waals surface area (Å²) in [7, 11) is 1.37. The Balaban J connectivity index is 1.81. The molecule has 1 heterocycles. The second-order valence-electron chi connectivity index (χ2n) is 7.13. The van der Waals surface area contributed by atoms with Gasteiger partial charge in [-0.15, -0.1) is 0 Å². The largest absolute Gasteiger partial charge is 0.503 e. The molecule has 0 saturated heterocycles. The molecule has 3 N–H and O–H groups in total. The molecule has 1 aromatic heterocycles. The molecule has 2 amide bonds. The number of hydrogen-bond donors (Lipinski definition) is 3. The van der Waals surface area contributed by atoms with Crippen molar-refractivity contribution in [3.8, 4) is 11.5 Å². The first-order valence-electron chi connectivity index (χ1n) is 10.1. The van der Waals surface area contributed by atoms with E-state index < -0.39 is 17.9 Å². The number of nitrogens with zero attached hydrogens (tertiary/aromatic N) is 1. The van der Waals surface area contributed by atoms with Gasteiger partial charge in [0.2, 0.25) is 5.91 Å². The van der Waals surface area contributed by atoms with E-state index >= 15 is 0 Å². The molecule has 0 aliphatic carbocycles. The normalized spacial score (nSPS) is 11.2. The van der Waals surface area contributed by atoms with Gasteiger partial charge in [0.15, 0.2) is 17.2 Å². The highest BCUT2D eigenvalue weighted by atomic mass is 16.5. The Labute approximate surface area is 186 Å². The molecule has 0 unspecified atom stereocenters. The standard InChI is InChI=1S/C25H25N3O4/c1-16(21(18-10-6-4-7-11-18)19-12-8-5-9-13-19)27-24(30)17(2)28-25(31)22-23(29)20(32-3)14-15-26-22/h4-15,17,29H,1-3H3,(H,27,30)(H,28,31)/t17-/m0/s1. The van der Waals surface area contributed by atoms with E-state index in [1.807, 2.05) is 67.6 Å². The van der Waals surface area contributed by atoms with Gasteiger partial charge in [0.05, 0.1) is 7.11 Å². The molecule has 0 bridgehead atoms. The van der Waals surface area contributed by atoms with Crippen molar-refractivity contribution in [1.82, 2.24) is 15.6 Å². The van der Waals surface area contributed by atoms with Gasteiger partial charge >= 0.3 is 0 Å². The van der Waals surface area contributed by atoms with E-state index in [1.54, 1.807) is 6.92 Å². The zero-order valence-electron chi connectivity index (χ0n) is 18.1. The second-order valence-corrected chi connectivity index (χ2v) is 7.13. The fraction of sp³-hybridized carbons (Fsp3) is 0.160. The minimum atomic E-state index is -0.877. The van der Waals surface area contributed by atoms with Gasteiger partial charge in [0.1, 0.15) is 6.04 Å². The lowest BCUT2D eigenvalue weighted by atomic mass is 9.96. The summed E-state index contributed by atoms with van der Waals surface area (Å²) in [5, 5.41) is 15.6. The highest BCUT2D eigenvalue weighted by Crippen LogP contribution is 2.28. The monoisotopic (exact) mass is 431 g/mol. The maximum Gasteiger partial charge on any atom is 0.274 e. The van der Waals surface area contributed by atoms with E-state index in [1.165, 1.54) is 19.4 Å². The first-order valence-corrected chi connectivity index (χ1v) is 10.1. The fourth-order valence-corrected chi connectivity index (χ4v) is 3.26. The SMILES string of the molecule is COc1ccnc(C(=O)N[C@@H](C)C(=O)NC(C)=C(c2ccccc2)c2ccccc2)c1O. The highest BCUT2D eigenvalue weighted by molar-refractivity contribution is 5.99. The number of nitrogens with one attached hydrogen (secondary N) is 2. The third-order valence-electron chi connectivity index (χ3n) is 4.87. The Morgan fingerprint density at radius 3 is 2.06 bits per heavy atom. The molecule has 0 saturated carbocycles. The van der Waals surface area contributed by atoms with Gasteiger partial charge in [-0.05, 0) is 25.0 Å². The molecule has 0 spiro atoms. The molecule has 32 heavy (non-hydrogen) atoms.